The summed E-state index contributed by atoms with van der Waals surface area (Å²) in [4.78, 5) is 24.2. The first-order chi connectivity index (χ1) is 14.4. The van der Waals surface area contributed by atoms with Crippen LogP contribution in [-0.4, -0.2) is 43.7 Å². The Hall–Kier alpha value is -2.42. The molecule has 2 amide bonds. The lowest BCUT2D eigenvalue weighted by molar-refractivity contribution is -0.136. The number of nitrogens with one attached hydrogen (secondary N) is 2. The number of para-hydroxylation sites is 1. The molecule has 7 nitrogen and oxygen atoms in total. The van der Waals surface area contributed by atoms with Crippen molar-refractivity contribution >= 4 is 39.1 Å². The molecule has 2 N–H and O–H groups in total. The van der Waals surface area contributed by atoms with Crippen molar-refractivity contribution in [3.63, 3.8) is 0 Å². The first-order valence-corrected chi connectivity index (χ1v) is 11.6. The Balaban J connectivity index is 1.57. The maximum Gasteiger partial charge on any atom is 0.313 e. The lowest BCUT2D eigenvalue weighted by Crippen LogP contribution is -2.45. The molecule has 2 aromatic carbocycles. The number of nitrogens with zero attached hydrogens (tertiary/aromatic N) is 1. The Bertz CT molecular complexity index is 981. The fraction of sp³-hybridized carbons (Fsp3) is 0.333. The maximum atomic E-state index is 13.0. The van der Waals surface area contributed by atoms with Gasteiger partial charge in [-0.05, 0) is 55.7 Å². The van der Waals surface area contributed by atoms with E-state index in [1.807, 2.05) is 6.07 Å². The summed E-state index contributed by atoms with van der Waals surface area (Å²) in [5, 5.41) is 5.57. The van der Waals surface area contributed by atoms with Crippen LogP contribution in [0.25, 0.3) is 0 Å². The zero-order valence-electron chi connectivity index (χ0n) is 16.4. The third-order valence-corrected chi connectivity index (χ3v) is 7.21. The Morgan fingerprint density at radius 1 is 1.00 bits per heavy atom. The van der Waals surface area contributed by atoms with Gasteiger partial charge in [-0.15, -0.1) is 0 Å². The highest BCUT2D eigenvalue weighted by Crippen LogP contribution is 2.27. The topological polar surface area (TPSA) is 95.6 Å². The van der Waals surface area contributed by atoms with Crippen molar-refractivity contribution in [3.05, 3.63) is 59.6 Å². The van der Waals surface area contributed by atoms with E-state index in [1.54, 1.807) is 36.4 Å². The molecule has 0 radical (unpaired) electrons. The molecule has 9 heteroatoms. The van der Waals surface area contributed by atoms with Crippen molar-refractivity contribution in [2.75, 3.05) is 18.4 Å². The standard InChI is InChI=1S/C21H24ClN3O4S/c22-16-9-11-19(12-10-16)30(28,29)25-15-5-4-8-18(25)13-14-23-20(26)21(27)24-17-6-2-1-3-7-17/h1-3,6-7,9-12,18H,4-5,8,13-15H2,(H,23,26)(H,24,27)/t18-/m0/s1. The quantitative estimate of drug-likeness (QED) is 0.662. The smallest absolute Gasteiger partial charge is 0.313 e. The molecule has 1 aliphatic heterocycles. The SMILES string of the molecule is O=C(NCC[C@@H]1CCCCN1S(=O)(=O)c1ccc(Cl)cc1)C(=O)Nc1ccccc1. The highest BCUT2D eigenvalue weighted by Gasteiger charge is 2.33. The number of carbonyl (C=O) groups is 2. The van der Waals surface area contributed by atoms with Crippen molar-refractivity contribution in [3.8, 4) is 0 Å². The molecule has 1 heterocycles. The number of benzene rings is 2. The second-order valence-corrected chi connectivity index (χ2v) is 9.41. The van der Waals surface area contributed by atoms with Crippen LogP contribution in [0.5, 0.6) is 0 Å². The van der Waals surface area contributed by atoms with Gasteiger partial charge in [0.05, 0.1) is 4.90 Å². The van der Waals surface area contributed by atoms with Gasteiger partial charge in [0.1, 0.15) is 0 Å². The number of piperidine rings is 1. The van der Waals surface area contributed by atoms with Crippen molar-refractivity contribution in [1.82, 2.24) is 9.62 Å². The average molecular weight is 450 g/mol. The number of halogens is 1. The van der Waals surface area contributed by atoms with E-state index in [9.17, 15) is 18.0 Å². The molecule has 30 heavy (non-hydrogen) atoms. The number of rotatable bonds is 6. The molecule has 3 rings (SSSR count). The van der Waals surface area contributed by atoms with E-state index in [0.29, 0.717) is 30.1 Å². The zero-order chi connectivity index (χ0) is 21.6. The van der Waals surface area contributed by atoms with Gasteiger partial charge >= 0.3 is 11.8 Å². The second-order valence-electron chi connectivity index (χ2n) is 7.08. The van der Waals surface area contributed by atoms with E-state index >= 15 is 0 Å². The molecular formula is C21H24ClN3O4S. The van der Waals surface area contributed by atoms with Crippen LogP contribution in [0.1, 0.15) is 25.7 Å². The van der Waals surface area contributed by atoms with Gasteiger partial charge < -0.3 is 10.6 Å². The van der Waals surface area contributed by atoms with Crippen molar-refractivity contribution in [2.24, 2.45) is 0 Å². The summed E-state index contributed by atoms with van der Waals surface area (Å²) in [6.07, 6.45) is 2.84. The number of hydrogen-bond donors (Lipinski definition) is 2. The lowest BCUT2D eigenvalue weighted by Gasteiger charge is -2.34. The van der Waals surface area contributed by atoms with E-state index in [0.717, 1.165) is 12.8 Å². The van der Waals surface area contributed by atoms with E-state index in [1.165, 1.54) is 16.4 Å². The predicted octanol–water partition coefficient (Wildman–Crippen LogP) is 3.03. The Kier molecular flexibility index (Phi) is 7.47. The van der Waals surface area contributed by atoms with E-state index < -0.39 is 21.8 Å². The van der Waals surface area contributed by atoms with Crippen LogP contribution >= 0.6 is 11.6 Å². The van der Waals surface area contributed by atoms with Gasteiger partial charge in [-0.1, -0.05) is 36.2 Å². The van der Waals surface area contributed by atoms with Crippen molar-refractivity contribution < 1.29 is 18.0 Å². The second kappa shape index (κ2) is 10.1. The molecular weight excluding hydrogens is 426 g/mol. The first kappa shape index (κ1) is 22.3. The summed E-state index contributed by atoms with van der Waals surface area (Å²) in [6, 6.07) is 14.6. The zero-order valence-corrected chi connectivity index (χ0v) is 18.0. The van der Waals surface area contributed by atoms with Crippen LogP contribution in [0.3, 0.4) is 0 Å². The lowest BCUT2D eigenvalue weighted by atomic mass is 10.0. The number of carbonyl (C=O) groups excluding carboxylic acids is 2. The summed E-state index contributed by atoms with van der Waals surface area (Å²) in [6.45, 7) is 0.635. The third-order valence-electron chi connectivity index (χ3n) is 4.99. The maximum absolute atomic E-state index is 13.0. The first-order valence-electron chi connectivity index (χ1n) is 9.79. The molecule has 1 saturated heterocycles. The van der Waals surface area contributed by atoms with Crippen LogP contribution in [0.4, 0.5) is 5.69 Å². The summed E-state index contributed by atoms with van der Waals surface area (Å²) in [7, 11) is -3.65. The van der Waals surface area contributed by atoms with Gasteiger partial charge in [-0.25, -0.2) is 8.42 Å². The fourth-order valence-electron chi connectivity index (χ4n) is 3.46. The molecule has 1 atom stereocenters. The van der Waals surface area contributed by atoms with Crippen LogP contribution in [-0.2, 0) is 19.6 Å². The molecule has 0 aliphatic carbocycles. The Morgan fingerprint density at radius 3 is 2.40 bits per heavy atom. The minimum Gasteiger partial charge on any atom is -0.348 e. The van der Waals surface area contributed by atoms with Crippen LogP contribution in [0, 0.1) is 0 Å². The minimum absolute atomic E-state index is 0.199. The summed E-state index contributed by atoms with van der Waals surface area (Å²) in [5.74, 6) is -1.50. The molecule has 160 valence electrons. The number of hydrogen-bond acceptors (Lipinski definition) is 4. The predicted molar refractivity (Wildman–Crippen MR) is 116 cm³/mol. The fourth-order valence-corrected chi connectivity index (χ4v) is 5.31. The van der Waals surface area contributed by atoms with Gasteiger partial charge in [0.25, 0.3) is 0 Å². The summed E-state index contributed by atoms with van der Waals surface area (Å²) < 4.78 is 27.6. The molecule has 2 aromatic rings. The van der Waals surface area contributed by atoms with E-state index in [2.05, 4.69) is 10.6 Å². The monoisotopic (exact) mass is 449 g/mol. The van der Waals surface area contributed by atoms with Gasteiger partial charge in [0, 0.05) is 29.8 Å². The molecule has 0 bridgehead atoms. The Labute approximate surface area is 181 Å². The minimum atomic E-state index is -3.65. The van der Waals surface area contributed by atoms with Crippen LogP contribution in [0.15, 0.2) is 59.5 Å². The molecule has 0 saturated carbocycles. The highest BCUT2D eigenvalue weighted by atomic mass is 35.5. The Morgan fingerprint density at radius 2 is 1.70 bits per heavy atom. The van der Waals surface area contributed by atoms with Crippen LogP contribution in [0.2, 0.25) is 5.02 Å². The molecule has 0 unspecified atom stereocenters. The average Bonchev–Trinajstić information content (AvgIpc) is 2.75. The molecule has 1 aliphatic rings. The van der Waals surface area contributed by atoms with Gasteiger partial charge in [-0.2, -0.15) is 4.31 Å². The van der Waals surface area contributed by atoms with E-state index in [4.69, 9.17) is 11.6 Å². The van der Waals surface area contributed by atoms with Gasteiger partial charge in [-0.3, -0.25) is 9.59 Å². The normalized spacial score (nSPS) is 17.3. The van der Waals surface area contributed by atoms with Gasteiger partial charge in [0.2, 0.25) is 10.0 Å². The number of amides is 2. The third kappa shape index (κ3) is 5.59. The van der Waals surface area contributed by atoms with Crippen LogP contribution < -0.4 is 10.6 Å². The van der Waals surface area contributed by atoms with Crippen molar-refractivity contribution in [2.45, 2.75) is 36.6 Å². The molecule has 0 spiro atoms. The van der Waals surface area contributed by atoms with Crippen molar-refractivity contribution in [1.29, 1.82) is 0 Å². The summed E-state index contributed by atoms with van der Waals surface area (Å²) >= 11 is 5.87. The molecule has 0 aromatic heterocycles. The van der Waals surface area contributed by atoms with E-state index in [-0.39, 0.29) is 17.5 Å². The summed E-state index contributed by atoms with van der Waals surface area (Å²) in [5.41, 5.74) is 0.533. The molecule has 1 fully saturated rings. The number of anilines is 1. The highest BCUT2D eigenvalue weighted by molar-refractivity contribution is 7.89. The number of sulfonamides is 1. The largest absolute Gasteiger partial charge is 0.348 e. The van der Waals surface area contributed by atoms with Gasteiger partial charge in [0.15, 0.2) is 0 Å².